The van der Waals surface area contributed by atoms with Gasteiger partial charge in [-0.05, 0) is 17.2 Å². The summed E-state index contributed by atoms with van der Waals surface area (Å²) in [5.74, 6) is 0. The van der Waals surface area contributed by atoms with Gasteiger partial charge < -0.3 is 5.32 Å². The lowest BCUT2D eigenvalue weighted by molar-refractivity contribution is 0.233. The fraction of sp³-hybridized carbons (Fsp3) is 0.294. The third-order valence-corrected chi connectivity index (χ3v) is 5.07. The number of aromatic nitrogens is 2. The van der Waals surface area contributed by atoms with E-state index in [1.807, 2.05) is 0 Å². The molecule has 1 aliphatic heterocycles. The van der Waals surface area contributed by atoms with E-state index in [9.17, 15) is 0 Å². The van der Waals surface area contributed by atoms with Crippen molar-refractivity contribution in [2.75, 3.05) is 26.2 Å². The molecule has 1 radical (unpaired) electrons. The van der Waals surface area contributed by atoms with E-state index in [1.54, 1.807) is 17.7 Å². The van der Waals surface area contributed by atoms with E-state index in [0.29, 0.717) is 0 Å². The first kappa shape index (κ1) is 13.8. The molecule has 1 N–H and O–H groups in total. The minimum atomic E-state index is 0.972. The smallest absolute Gasteiger partial charge is 0.116 e. The molecule has 0 spiro atoms. The molecular formula is C17H17N4S. The van der Waals surface area contributed by atoms with E-state index in [0.717, 1.165) is 42.9 Å². The van der Waals surface area contributed by atoms with Crippen molar-refractivity contribution in [1.29, 1.82) is 0 Å². The molecule has 1 aliphatic rings. The largest absolute Gasteiger partial charge is 0.314 e. The molecule has 1 aromatic carbocycles. The van der Waals surface area contributed by atoms with Gasteiger partial charge in [-0.3, -0.25) is 4.90 Å². The second-order valence-electron chi connectivity index (χ2n) is 5.53. The zero-order chi connectivity index (χ0) is 14.8. The molecule has 1 saturated heterocycles. The van der Waals surface area contributed by atoms with Crippen LogP contribution < -0.4 is 5.32 Å². The number of nitrogens with one attached hydrogen (secondary N) is 1. The molecule has 0 unspecified atom stereocenters. The number of hydrogen-bond donors (Lipinski definition) is 1. The number of rotatable bonds is 3. The van der Waals surface area contributed by atoms with Crippen molar-refractivity contribution in [1.82, 2.24) is 20.2 Å². The predicted octanol–water partition coefficient (Wildman–Crippen LogP) is 2.56. The maximum atomic E-state index is 4.28. The predicted molar refractivity (Wildman–Crippen MR) is 89.8 cm³/mol. The van der Waals surface area contributed by atoms with Crippen molar-refractivity contribution in [2.24, 2.45) is 0 Å². The summed E-state index contributed by atoms with van der Waals surface area (Å²) in [6, 6.07) is 11.0. The summed E-state index contributed by atoms with van der Waals surface area (Å²) in [5, 5.41) is 3.39. The molecule has 2 aromatic heterocycles. The average Bonchev–Trinajstić information content (AvgIpc) is 3.00. The highest BCUT2D eigenvalue weighted by atomic mass is 32.1. The molecule has 0 atom stereocenters. The van der Waals surface area contributed by atoms with Crippen LogP contribution in [-0.2, 0) is 6.54 Å². The molecule has 0 aliphatic carbocycles. The van der Waals surface area contributed by atoms with Gasteiger partial charge in [-0.25, -0.2) is 9.97 Å². The minimum Gasteiger partial charge on any atom is -0.314 e. The first-order chi connectivity index (χ1) is 10.9. The van der Waals surface area contributed by atoms with Crippen LogP contribution in [0.5, 0.6) is 0 Å². The van der Waals surface area contributed by atoms with E-state index in [1.165, 1.54) is 16.0 Å². The van der Waals surface area contributed by atoms with E-state index in [4.69, 9.17) is 0 Å². The molecule has 4 nitrogen and oxygen atoms in total. The summed E-state index contributed by atoms with van der Waals surface area (Å²) in [7, 11) is 0. The molecule has 1 fully saturated rings. The van der Waals surface area contributed by atoms with Crippen LogP contribution in [0.15, 0.2) is 36.7 Å². The fourth-order valence-corrected chi connectivity index (χ4v) is 3.74. The molecular weight excluding hydrogens is 292 g/mol. The summed E-state index contributed by atoms with van der Waals surface area (Å²) in [6.45, 7) is 5.49. The standard InChI is InChI=1S/C17H17N4S/c1-3-14(16-9-15-17(22-16)10-19-12-20-15)4-2-13(1)11-21-7-5-18-6-8-21/h1-4,9,12,18H,5-8,11H2. The maximum absolute atomic E-state index is 4.28. The zero-order valence-corrected chi connectivity index (χ0v) is 13.1. The first-order valence-corrected chi connectivity index (χ1v) is 8.35. The van der Waals surface area contributed by atoms with Crippen LogP contribution >= 0.6 is 11.3 Å². The van der Waals surface area contributed by atoms with E-state index in [2.05, 4.69) is 56.7 Å². The fourth-order valence-electron chi connectivity index (χ4n) is 2.78. The van der Waals surface area contributed by atoms with Crippen molar-refractivity contribution in [3.8, 4) is 10.4 Å². The lowest BCUT2D eigenvalue weighted by Gasteiger charge is -2.27. The summed E-state index contributed by atoms with van der Waals surface area (Å²) < 4.78 is 1.02. The van der Waals surface area contributed by atoms with Crippen LogP contribution in [0.1, 0.15) is 5.56 Å². The zero-order valence-electron chi connectivity index (χ0n) is 12.2. The van der Waals surface area contributed by atoms with Crippen LogP contribution in [0.2, 0.25) is 0 Å². The van der Waals surface area contributed by atoms with Crippen LogP contribution in [-0.4, -0.2) is 41.0 Å². The number of nitrogens with zero attached hydrogens (tertiary/aromatic N) is 3. The van der Waals surface area contributed by atoms with Gasteiger partial charge in [-0.1, -0.05) is 24.3 Å². The van der Waals surface area contributed by atoms with Crippen molar-refractivity contribution < 1.29 is 0 Å². The molecule has 0 bridgehead atoms. The first-order valence-electron chi connectivity index (χ1n) is 7.53. The number of piperazine rings is 1. The third kappa shape index (κ3) is 2.88. The Morgan fingerprint density at radius 3 is 2.77 bits per heavy atom. The average molecular weight is 309 g/mol. The molecule has 5 heteroatoms. The molecule has 0 amide bonds. The second-order valence-corrected chi connectivity index (χ2v) is 6.59. The van der Waals surface area contributed by atoms with Gasteiger partial charge in [0.1, 0.15) is 12.5 Å². The van der Waals surface area contributed by atoms with Crippen molar-refractivity contribution in [2.45, 2.75) is 6.54 Å². The number of thiophene rings is 1. The van der Waals surface area contributed by atoms with E-state index in [-0.39, 0.29) is 0 Å². The van der Waals surface area contributed by atoms with Crippen molar-refractivity contribution >= 4 is 21.6 Å². The third-order valence-electron chi connectivity index (χ3n) is 3.99. The number of benzene rings is 1. The van der Waals surface area contributed by atoms with E-state index < -0.39 is 0 Å². The van der Waals surface area contributed by atoms with Gasteiger partial charge in [0.2, 0.25) is 0 Å². The highest BCUT2D eigenvalue weighted by Crippen LogP contribution is 2.31. The van der Waals surface area contributed by atoms with Gasteiger partial charge in [0.15, 0.2) is 0 Å². The summed E-state index contributed by atoms with van der Waals surface area (Å²) >= 11 is 1.69. The number of hydrogen-bond acceptors (Lipinski definition) is 5. The van der Waals surface area contributed by atoms with E-state index >= 15 is 0 Å². The van der Waals surface area contributed by atoms with Gasteiger partial charge in [-0.2, -0.15) is 0 Å². The Morgan fingerprint density at radius 1 is 1.18 bits per heavy atom. The lowest BCUT2D eigenvalue weighted by atomic mass is 10.1. The van der Waals surface area contributed by atoms with Crippen LogP contribution in [0.4, 0.5) is 0 Å². The quantitative estimate of drug-likeness (QED) is 0.807. The summed E-state index contributed by atoms with van der Waals surface area (Å²) in [5.41, 5.74) is 3.58. The van der Waals surface area contributed by atoms with Crippen LogP contribution in [0, 0.1) is 6.20 Å². The Labute approximate surface area is 133 Å². The number of fused-ring (bicyclic) bond motifs is 1. The van der Waals surface area contributed by atoms with Crippen LogP contribution in [0.25, 0.3) is 20.7 Å². The summed E-state index contributed by atoms with van der Waals surface area (Å²) in [4.78, 5) is 12.0. The highest BCUT2D eigenvalue weighted by Gasteiger charge is 2.10. The monoisotopic (exact) mass is 309 g/mol. The van der Waals surface area contributed by atoms with Crippen molar-refractivity contribution in [3.63, 3.8) is 0 Å². The molecule has 22 heavy (non-hydrogen) atoms. The second kappa shape index (κ2) is 6.12. The Kier molecular flexibility index (Phi) is 3.84. The molecule has 4 rings (SSSR count). The van der Waals surface area contributed by atoms with Gasteiger partial charge in [0.05, 0.1) is 10.2 Å². The molecule has 3 aromatic rings. The molecule has 3 heterocycles. The van der Waals surface area contributed by atoms with Crippen LogP contribution in [0.3, 0.4) is 0 Å². The van der Waals surface area contributed by atoms with Gasteiger partial charge >= 0.3 is 0 Å². The SMILES string of the molecule is [c]1ncnc2cc(-c3ccc(CN4CCNCC4)cc3)sc12. The molecule has 111 valence electrons. The normalized spacial score (nSPS) is 16.2. The Bertz CT molecular complexity index is 727. The topological polar surface area (TPSA) is 41.1 Å². The minimum absolute atomic E-state index is 0.972. The van der Waals surface area contributed by atoms with Gasteiger partial charge in [-0.15, -0.1) is 11.3 Å². The Balaban J connectivity index is 1.53. The van der Waals surface area contributed by atoms with Gasteiger partial charge in [0.25, 0.3) is 0 Å². The molecule has 0 saturated carbocycles. The maximum Gasteiger partial charge on any atom is 0.116 e. The highest BCUT2D eigenvalue weighted by molar-refractivity contribution is 7.22. The summed E-state index contributed by atoms with van der Waals surface area (Å²) in [6.07, 6.45) is 4.55. The Morgan fingerprint density at radius 2 is 2.00 bits per heavy atom. The Hall–Kier alpha value is -1.82. The lowest BCUT2D eigenvalue weighted by Crippen LogP contribution is -2.42. The van der Waals surface area contributed by atoms with Gasteiger partial charge in [0, 0.05) is 37.6 Å². The van der Waals surface area contributed by atoms with Crippen molar-refractivity contribution in [3.05, 3.63) is 48.4 Å².